The van der Waals surface area contributed by atoms with Gasteiger partial charge in [0.1, 0.15) is 0 Å². The lowest BCUT2D eigenvalue weighted by Crippen LogP contribution is -1.99. The van der Waals surface area contributed by atoms with Gasteiger partial charge in [-0.2, -0.15) is 0 Å². The summed E-state index contributed by atoms with van der Waals surface area (Å²) < 4.78 is 2.40. The van der Waals surface area contributed by atoms with Crippen molar-refractivity contribution >= 4 is 33.4 Å². The molecule has 0 spiro atoms. The van der Waals surface area contributed by atoms with Gasteiger partial charge in [-0.25, -0.2) is 0 Å². The van der Waals surface area contributed by atoms with E-state index in [2.05, 4.69) is 138 Å². The van der Waals surface area contributed by atoms with Crippen LogP contribution in [0.25, 0.3) is 60.9 Å². The molecule has 1 nitrogen and oxygen atoms in total. The third kappa shape index (κ3) is 3.80. The number of benzene rings is 6. The van der Waals surface area contributed by atoms with E-state index in [1.807, 2.05) is 12.1 Å². The highest BCUT2D eigenvalue weighted by Gasteiger charge is 2.18. The molecule has 7 aromatic rings. The Morgan fingerprint density at radius 1 is 0.395 bits per heavy atom. The summed E-state index contributed by atoms with van der Waals surface area (Å²) in [5.74, 6) is 0. The summed E-state index contributed by atoms with van der Waals surface area (Å²) in [6.45, 7) is 0. The third-order valence-corrected chi connectivity index (χ3v) is 7.52. The molecule has 180 valence electrons. The maximum Gasteiger partial charge on any atom is 0.0541 e. The predicted molar refractivity (Wildman–Crippen MR) is 162 cm³/mol. The van der Waals surface area contributed by atoms with E-state index in [-0.39, 0.29) is 0 Å². The minimum absolute atomic E-state index is 0.727. The quantitative estimate of drug-likeness (QED) is 0.224. The van der Waals surface area contributed by atoms with Crippen molar-refractivity contribution in [3.63, 3.8) is 0 Å². The van der Waals surface area contributed by atoms with Gasteiger partial charge in [0.2, 0.25) is 0 Å². The van der Waals surface area contributed by atoms with E-state index in [1.165, 1.54) is 32.9 Å². The largest absolute Gasteiger partial charge is 0.309 e. The topological polar surface area (TPSA) is 4.93 Å². The molecule has 1 heterocycles. The predicted octanol–water partition coefficient (Wildman–Crippen LogP) is 10.4. The van der Waals surface area contributed by atoms with E-state index in [9.17, 15) is 0 Å². The second kappa shape index (κ2) is 9.37. The van der Waals surface area contributed by atoms with Crippen LogP contribution in [0.4, 0.5) is 0 Å². The molecule has 0 fully saturated rings. The number of rotatable bonds is 4. The van der Waals surface area contributed by atoms with Crippen molar-refractivity contribution in [2.75, 3.05) is 0 Å². The molecule has 0 saturated heterocycles. The van der Waals surface area contributed by atoms with Crippen molar-refractivity contribution in [1.82, 2.24) is 4.57 Å². The zero-order valence-electron chi connectivity index (χ0n) is 20.7. The van der Waals surface area contributed by atoms with Crippen molar-refractivity contribution in [1.29, 1.82) is 0 Å². The standard InChI is InChI=1S/C36H24ClN/c37-28-20-21-29(32(24-28)26-13-5-2-6-14-26)33-23-27(25-11-3-1-4-12-25)19-22-36(33)38-34-17-9-7-15-30(34)31-16-8-10-18-35(31)38/h1-24H. The molecule has 0 saturated carbocycles. The van der Waals surface area contributed by atoms with E-state index in [0.29, 0.717) is 0 Å². The van der Waals surface area contributed by atoms with Gasteiger partial charge in [-0.15, -0.1) is 0 Å². The highest BCUT2D eigenvalue weighted by molar-refractivity contribution is 6.31. The fourth-order valence-electron chi connectivity index (χ4n) is 5.55. The Hall–Kier alpha value is -4.59. The van der Waals surface area contributed by atoms with Crippen molar-refractivity contribution in [3.8, 4) is 39.1 Å². The van der Waals surface area contributed by atoms with Crippen molar-refractivity contribution in [2.24, 2.45) is 0 Å². The lowest BCUT2D eigenvalue weighted by molar-refractivity contribution is 1.18. The summed E-state index contributed by atoms with van der Waals surface area (Å²) in [5, 5.41) is 3.23. The van der Waals surface area contributed by atoms with Crippen LogP contribution in [0.2, 0.25) is 5.02 Å². The summed E-state index contributed by atoms with van der Waals surface area (Å²) in [4.78, 5) is 0. The van der Waals surface area contributed by atoms with E-state index < -0.39 is 0 Å². The van der Waals surface area contributed by atoms with Crippen LogP contribution in [-0.4, -0.2) is 4.57 Å². The molecule has 0 aliphatic rings. The van der Waals surface area contributed by atoms with E-state index in [4.69, 9.17) is 11.6 Å². The fourth-order valence-corrected chi connectivity index (χ4v) is 5.72. The molecule has 0 amide bonds. The third-order valence-electron chi connectivity index (χ3n) is 7.28. The molecular formula is C36H24ClN. The van der Waals surface area contributed by atoms with E-state index in [1.54, 1.807) is 0 Å². The summed E-state index contributed by atoms with van der Waals surface area (Å²) in [7, 11) is 0. The molecule has 0 bridgehead atoms. The van der Waals surface area contributed by atoms with Gasteiger partial charge in [0.05, 0.1) is 16.7 Å². The maximum absolute atomic E-state index is 6.57. The van der Waals surface area contributed by atoms with Gasteiger partial charge in [0.25, 0.3) is 0 Å². The highest BCUT2D eigenvalue weighted by Crippen LogP contribution is 2.42. The molecule has 0 unspecified atom stereocenters. The minimum Gasteiger partial charge on any atom is -0.309 e. The number of hydrogen-bond donors (Lipinski definition) is 0. The smallest absolute Gasteiger partial charge is 0.0541 e. The van der Waals surface area contributed by atoms with Gasteiger partial charge in [0, 0.05) is 21.4 Å². The SMILES string of the molecule is Clc1ccc(-c2cc(-c3ccccc3)ccc2-n2c3ccccc3c3ccccc32)c(-c2ccccc2)c1. The molecule has 0 radical (unpaired) electrons. The van der Waals surface area contributed by atoms with Crippen molar-refractivity contribution in [2.45, 2.75) is 0 Å². The normalized spacial score (nSPS) is 11.3. The first-order valence-corrected chi connectivity index (χ1v) is 13.2. The van der Waals surface area contributed by atoms with Gasteiger partial charge in [-0.3, -0.25) is 0 Å². The van der Waals surface area contributed by atoms with Crippen LogP contribution in [0.3, 0.4) is 0 Å². The number of hydrogen-bond acceptors (Lipinski definition) is 0. The van der Waals surface area contributed by atoms with Gasteiger partial charge in [-0.05, 0) is 64.2 Å². The van der Waals surface area contributed by atoms with Crippen LogP contribution in [0.1, 0.15) is 0 Å². The molecule has 6 aromatic carbocycles. The summed E-state index contributed by atoms with van der Waals surface area (Å²) in [5.41, 5.74) is 10.5. The number of para-hydroxylation sites is 2. The highest BCUT2D eigenvalue weighted by atomic mass is 35.5. The lowest BCUT2D eigenvalue weighted by atomic mass is 9.91. The molecular weight excluding hydrogens is 482 g/mol. The first-order chi connectivity index (χ1) is 18.8. The zero-order chi connectivity index (χ0) is 25.5. The Morgan fingerprint density at radius 2 is 0.974 bits per heavy atom. The van der Waals surface area contributed by atoms with Crippen LogP contribution < -0.4 is 0 Å². The van der Waals surface area contributed by atoms with E-state index >= 15 is 0 Å². The number of fused-ring (bicyclic) bond motifs is 3. The van der Waals surface area contributed by atoms with Crippen LogP contribution in [0.15, 0.2) is 146 Å². The first kappa shape index (κ1) is 22.6. The second-order valence-corrected chi connectivity index (χ2v) is 9.96. The van der Waals surface area contributed by atoms with Crippen LogP contribution in [0, 0.1) is 0 Å². The zero-order valence-corrected chi connectivity index (χ0v) is 21.4. The fraction of sp³-hybridized carbons (Fsp3) is 0. The van der Waals surface area contributed by atoms with Gasteiger partial charge < -0.3 is 4.57 Å². The molecule has 2 heteroatoms. The number of nitrogens with zero attached hydrogens (tertiary/aromatic N) is 1. The first-order valence-electron chi connectivity index (χ1n) is 12.8. The Kier molecular flexibility index (Phi) is 5.57. The maximum atomic E-state index is 6.57. The van der Waals surface area contributed by atoms with Crippen molar-refractivity contribution < 1.29 is 0 Å². The van der Waals surface area contributed by atoms with E-state index in [0.717, 1.165) is 33.0 Å². The Balaban J connectivity index is 1.59. The monoisotopic (exact) mass is 505 g/mol. The van der Waals surface area contributed by atoms with Crippen LogP contribution in [0.5, 0.6) is 0 Å². The summed E-state index contributed by atoms with van der Waals surface area (Å²) in [6.07, 6.45) is 0. The average Bonchev–Trinajstić information content (AvgIpc) is 3.32. The Labute approximate surface area is 227 Å². The average molecular weight is 506 g/mol. The molecule has 0 aliphatic heterocycles. The molecule has 0 N–H and O–H groups in total. The molecule has 1 aromatic heterocycles. The summed E-state index contributed by atoms with van der Waals surface area (Å²) >= 11 is 6.57. The molecule has 38 heavy (non-hydrogen) atoms. The minimum atomic E-state index is 0.727. The van der Waals surface area contributed by atoms with Gasteiger partial charge in [0.15, 0.2) is 0 Å². The second-order valence-electron chi connectivity index (χ2n) is 9.52. The number of halogens is 1. The Bertz CT molecular complexity index is 1860. The molecule has 0 atom stereocenters. The molecule has 7 rings (SSSR count). The van der Waals surface area contributed by atoms with Crippen LogP contribution in [-0.2, 0) is 0 Å². The van der Waals surface area contributed by atoms with Crippen molar-refractivity contribution in [3.05, 3.63) is 151 Å². The molecule has 0 aliphatic carbocycles. The van der Waals surface area contributed by atoms with Crippen LogP contribution >= 0.6 is 11.6 Å². The summed E-state index contributed by atoms with van der Waals surface area (Å²) in [6, 6.07) is 51.4. The van der Waals surface area contributed by atoms with Gasteiger partial charge in [-0.1, -0.05) is 121 Å². The Morgan fingerprint density at radius 3 is 1.63 bits per heavy atom. The number of aromatic nitrogens is 1. The van der Waals surface area contributed by atoms with Gasteiger partial charge >= 0.3 is 0 Å². The lowest BCUT2D eigenvalue weighted by Gasteiger charge is -2.19.